The average Bonchev–Trinajstić information content (AvgIpc) is 2.69. The number of benzene rings is 1. The van der Waals surface area contributed by atoms with Crippen LogP contribution in [0.4, 0.5) is 0 Å². The highest BCUT2D eigenvalue weighted by atomic mass is 16.5. The Morgan fingerprint density at radius 1 is 1.21 bits per heavy atom. The molecule has 158 valence electrons. The van der Waals surface area contributed by atoms with Gasteiger partial charge in [0, 0.05) is 19.5 Å². The van der Waals surface area contributed by atoms with Gasteiger partial charge in [0.25, 0.3) is 0 Å². The van der Waals surface area contributed by atoms with Gasteiger partial charge < -0.3 is 31.2 Å². The lowest BCUT2D eigenvalue weighted by atomic mass is 9.72. The minimum Gasteiger partial charge on any atom is -0.534 e. The van der Waals surface area contributed by atoms with E-state index in [0.717, 1.165) is 38.8 Å². The van der Waals surface area contributed by atoms with Gasteiger partial charge in [0.15, 0.2) is 0 Å². The summed E-state index contributed by atoms with van der Waals surface area (Å²) in [6.07, 6.45) is 5.04. The standard InChI is InChI=1S/C20H30BN3O5/c22-8-9-23-12-14-6-4-13(5-7-14)10-18(25)24-17-11-15-2-1-3-16(20(26)27)19(15)29-21(17)28/h1-3,13-14,17,23,28H,4-12,22H2,(H,24,25)(H,26,27)/t13-,14-,17-/m0/s1. The third-order valence-electron chi connectivity index (χ3n) is 5.89. The Morgan fingerprint density at radius 3 is 2.62 bits per heavy atom. The molecule has 1 fully saturated rings. The van der Waals surface area contributed by atoms with E-state index in [1.807, 2.05) is 0 Å². The molecule has 0 saturated heterocycles. The first-order chi connectivity index (χ1) is 14.0. The Morgan fingerprint density at radius 2 is 1.93 bits per heavy atom. The first-order valence-electron chi connectivity index (χ1n) is 10.4. The van der Waals surface area contributed by atoms with Gasteiger partial charge in [-0.15, -0.1) is 0 Å². The molecule has 0 aromatic heterocycles. The molecule has 1 atom stereocenters. The maximum Gasteiger partial charge on any atom is 0.547 e. The number of fused-ring (bicyclic) bond motifs is 1. The van der Waals surface area contributed by atoms with Gasteiger partial charge in [-0.2, -0.15) is 0 Å². The van der Waals surface area contributed by atoms with E-state index in [9.17, 15) is 19.7 Å². The number of hydrogen-bond acceptors (Lipinski definition) is 6. The van der Waals surface area contributed by atoms with Crippen LogP contribution in [0.5, 0.6) is 5.75 Å². The van der Waals surface area contributed by atoms with Crippen molar-refractivity contribution in [2.45, 2.75) is 44.5 Å². The van der Waals surface area contributed by atoms with Crippen molar-refractivity contribution < 1.29 is 24.4 Å². The van der Waals surface area contributed by atoms with E-state index in [1.54, 1.807) is 12.1 Å². The monoisotopic (exact) mass is 403 g/mol. The maximum absolute atomic E-state index is 12.5. The van der Waals surface area contributed by atoms with Gasteiger partial charge in [-0.25, -0.2) is 4.79 Å². The number of hydrogen-bond donors (Lipinski definition) is 5. The van der Waals surface area contributed by atoms with Gasteiger partial charge in [0.05, 0.1) is 11.5 Å². The minimum absolute atomic E-state index is 0.0176. The first-order valence-corrected chi connectivity index (χ1v) is 10.4. The predicted molar refractivity (Wildman–Crippen MR) is 110 cm³/mol. The number of para-hydroxylation sites is 1. The number of carbonyl (C=O) groups excluding carboxylic acids is 1. The van der Waals surface area contributed by atoms with Gasteiger partial charge in [-0.3, -0.25) is 4.79 Å². The zero-order chi connectivity index (χ0) is 20.8. The van der Waals surface area contributed by atoms with Crippen LogP contribution in [-0.4, -0.2) is 54.7 Å². The normalized spacial score (nSPS) is 23.8. The molecule has 1 aromatic carbocycles. The Hall–Kier alpha value is -2.10. The molecule has 1 aliphatic heterocycles. The van der Waals surface area contributed by atoms with Crippen LogP contribution in [0, 0.1) is 11.8 Å². The van der Waals surface area contributed by atoms with Gasteiger partial charge in [0.2, 0.25) is 5.91 Å². The van der Waals surface area contributed by atoms with E-state index in [0.29, 0.717) is 36.8 Å². The zero-order valence-electron chi connectivity index (χ0n) is 16.6. The van der Waals surface area contributed by atoms with Crippen LogP contribution in [0.15, 0.2) is 18.2 Å². The van der Waals surface area contributed by atoms with Crippen LogP contribution in [0.3, 0.4) is 0 Å². The van der Waals surface area contributed by atoms with E-state index in [1.165, 1.54) is 6.07 Å². The van der Waals surface area contributed by atoms with Crippen LogP contribution < -0.4 is 21.0 Å². The van der Waals surface area contributed by atoms with Crippen LogP contribution >= 0.6 is 0 Å². The third-order valence-corrected chi connectivity index (χ3v) is 5.89. The summed E-state index contributed by atoms with van der Waals surface area (Å²) in [6.45, 7) is 2.47. The van der Waals surface area contributed by atoms with Crippen molar-refractivity contribution in [2.24, 2.45) is 17.6 Å². The molecule has 0 radical (unpaired) electrons. The van der Waals surface area contributed by atoms with Crippen molar-refractivity contribution in [1.82, 2.24) is 10.6 Å². The van der Waals surface area contributed by atoms with E-state index in [-0.39, 0.29) is 17.2 Å². The predicted octanol–water partition coefficient (Wildman–Crippen LogP) is 0.569. The highest BCUT2D eigenvalue weighted by Crippen LogP contribution is 2.32. The summed E-state index contributed by atoms with van der Waals surface area (Å²) in [5, 5.41) is 25.8. The number of carbonyl (C=O) groups is 2. The van der Waals surface area contributed by atoms with Crippen molar-refractivity contribution >= 4 is 19.0 Å². The lowest BCUT2D eigenvalue weighted by molar-refractivity contribution is -0.122. The average molecular weight is 403 g/mol. The SMILES string of the molecule is NCCNC[C@H]1CC[C@H](CC(=O)N[C@H]2Cc3cccc(C(=O)O)c3OB2O)CC1. The molecule has 6 N–H and O–H groups in total. The molecule has 0 bridgehead atoms. The smallest absolute Gasteiger partial charge is 0.534 e. The Balaban J connectivity index is 1.48. The van der Waals surface area contributed by atoms with Crippen LogP contribution in [0.1, 0.15) is 48.0 Å². The van der Waals surface area contributed by atoms with E-state index in [2.05, 4.69) is 10.6 Å². The molecule has 8 nitrogen and oxygen atoms in total. The second-order valence-corrected chi connectivity index (χ2v) is 8.07. The Labute approximate surface area is 171 Å². The Bertz CT molecular complexity index is 724. The number of nitrogens with two attached hydrogens (primary N) is 1. The molecule has 9 heteroatoms. The van der Waals surface area contributed by atoms with Gasteiger partial charge >= 0.3 is 13.1 Å². The number of carboxylic acid groups (broad SMARTS) is 1. The summed E-state index contributed by atoms with van der Waals surface area (Å²) >= 11 is 0. The fourth-order valence-corrected chi connectivity index (χ4v) is 4.29. The first kappa shape index (κ1) is 21.6. The molecule has 1 aliphatic carbocycles. The second-order valence-electron chi connectivity index (χ2n) is 8.07. The van der Waals surface area contributed by atoms with Crippen molar-refractivity contribution in [3.8, 4) is 5.75 Å². The molecule has 1 heterocycles. The van der Waals surface area contributed by atoms with Gasteiger partial charge in [-0.1, -0.05) is 12.1 Å². The van der Waals surface area contributed by atoms with Crippen LogP contribution in [-0.2, 0) is 11.2 Å². The highest BCUT2D eigenvalue weighted by molar-refractivity contribution is 6.47. The van der Waals surface area contributed by atoms with E-state index in [4.69, 9.17) is 10.4 Å². The lowest BCUT2D eigenvalue weighted by Crippen LogP contribution is -2.53. The highest BCUT2D eigenvalue weighted by Gasteiger charge is 2.38. The molecule has 1 saturated carbocycles. The Kier molecular flexibility index (Phi) is 7.52. The lowest BCUT2D eigenvalue weighted by Gasteiger charge is -2.31. The molecule has 3 rings (SSSR count). The third kappa shape index (κ3) is 5.71. The number of aromatic carboxylic acids is 1. The number of carboxylic acids is 1. The van der Waals surface area contributed by atoms with E-state index >= 15 is 0 Å². The fraction of sp³-hybridized carbons (Fsp3) is 0.600. The topological polar surface area (TPSA) is 134 Å². The van der Waals surface area contributed by atoms with Gasteiger partial charge in [-0.05, 0) is 62.1 Å². The molecule has 2 aliphatic rings. The van der Waals surface area contributed by atoms with Crippen molar-refractivity contribution in [3.05, 3.63) is 29.3 Å². The molecule has 1 amide bonds. The summed E-state index contributed by atoms with van der Waals surface area (Å²) in [5.74, 6) is -0.608. The minimum atomic E-state index is -1.27. The molecule has 29 heavy (non-hydrogen) atoms. The van der Waals surface area contributed by atoms with Crippen molar-refractivity contribution in [2.75, 3.05) is 19.6 Å². The van der Waals surface area contributed by atoms with Crippen LogP contribution in [0.25, 0.3) is 0 Å². The second kappa shape index (κ2) is 10.1. The largest absolute Gasteiger partial charge is 0.547 e. The van der Waals surface area contributed by atoms with Crippen molar-refractivity contribution in [1.29, 1.82) is 0 Å². The zero-order valence-corrected chi connectivity index (χ0v) is 16.6. The van der Waals surface area contributed by atoms with Gasteiger partial charge in [0.1, 0.15) is 5.75 Å². The number of rotatable bonds is 8. The summed E-state index contributed by atoms with van der Waals surface area (Å²) in [7, 11) is -1.27. The summed E-state index contributed by atoms with van der Waals surface area (Å²) in [5.41, 5.74) is 6.18. The van der Waals surface area contributed by atoms with Crippen LogP contribution in [0.2, 0.25) is 0 Å². The molecule has 0 unspecified atom stereocenters. The summed E-state index contributed by atoms with van der Waals surface area (Å²) in [4.78, 5) is 23.8. The molecular weight excluding hydrogens is 373 g/mol. The fourth-order valence-electron chi connectivity index (χ4n) is 4.29. The molecular formula is C20H30BN3O5. The maximum atomic E-state index is 12.5. The number of amides is 1. The quantitative estimate of drug-likeness (QED) is 0.316. The molecule has 1 aromatic rings. The summed E-state index contributed by atoms with van der Waals surface area (Å²) in [6, 6.07) is 4.84. The number of nitrogens with one attached hydrogen (secondary N) is 2. The summed E-state index contributed by atoms with van der Waals surface area (Å²) < 4.78 is 5.43. The van der Waals surface area contributed by atoms with Crippen molar-refractivity contribution in [3.63, 3.8) is 0 Å². The molecule has 0 spiro atoms. The van der Waals surface area contributed by atoms with E-state index < -0.39 is 19.0 Å².